The fourth-order valence-electron chi connectivity index (χ4n) is 20.7. The molecule has 8 bridgehead atoms. The Morgan fingerprint density at radius 3 is 1.45 bits per heavy atom. The average Bonchev–Trinajstić information content (AvgIpc) is 3.69. The normalized spacial score (nSPS) is 49.6. The van der Waals surface area contributed by atoms with Crippen LogP contribution in [0.25, 0.3) is 0 Å². The molecule has 2 aromatic rings. The molecule has 322 valence electrons. The minimum Gasteiger partial charge on any atom is -0.508 e. The first-order valence-corrected chi connectivity index (χ1v) is 25.8. The van der Waals surface area contributed by atoms with Crippen molar-refractivity contribution in [2.75, 3.05) is 0 Å². The number of aliphatic hydroxyl groups excluding tert-OH is 1. The van der Waals surface area contributed by atoms with Gasteiger partial charge in [0.05, 0.1) is 6.10 Å². The van der Waals surface area contributed by atoms with Gasteiger partial charge in [0, 0.05) is 23.0 Å². The number of phenols is 2. The van der Waals surface area contributed by atoms with E-state index < -0.39 is 0 Å². The van der Waals surface area contributed by atoms with E-state index in [1.807, 2.05) is 0 Å². The largest absolute Gasteiger partial charge is 0.508 e. The Hall–Kier alpha value is -2.33. The second-order valence-electron chi connectivity index (χ2n) is 25.4. The molecule has 4 nitrogen and oxygen atoms in total. The van der Waals surface area contributed by atoms with Crippen molar-refractivity contribution >= 4 is 5.78 Å². The predicted molar refractivity (Wildman–Crippen MR) is 236 cm³/mol. The predicted octanol–water partition coefficient (Wildman–Crippen LogP) is 12.4. The molecule has 12 fully saturated rings. The monoisotopic (exact) mass is 811 g/mol. The highest BCUT2D eigenvalue weighted by Gasteiger charge is 2.58. The molecule has 3 N–H and O–H groups in total. The summed E-state index contributed by atoms with van der Waals surface area (Å²) in [5, 5.41) is 33.1. The number of fused-ring (bicyclic) bond motifs is 10. The summed E-state index contributed by atoms with van der Waals surface area (Å²) in [5.74, 6) is 11.2. The summed E-state index contributed by atoms with van der Waals surface area (Å²) in [6.07, 6.45) is 30.0. The lowest BCUT2D eigenvalue weighted by molar-refractivity contribution is -0.129. The number of phenolic OH excluding ortho intramolecular Hbond substituents is 2. The van der Waals surface area contributed by atoms with Crippen LogP contribution in [0.5, 0.6) is 11.5 Å². The van der Waals surface area contributed by atoms with Gasteiger partial charge in [-0.3, -0.25) is 4.79 Å². The second kappa shape index (κ2) is 13.1. The molecule has 2 aromatic carbocycles. The zero-order chi connectivity index (χ0) is 40.5. The molecule has 0 aromatic heterocycles. The summed E-state index contributed by atoms with van der Waals surface area (Å²) in [7, 11) is 0. The van der Waals surface area contributed by atoms with E-state index in [0.717, 1.165) is 80.0 Å². The van der Waals surface area contributed by atoms with Gasteiger partial charge in [-0.05, 0) is 269 Å². The van der Waals surface area contributed by atoms with Crippen molar-refractivity contribution in [2.24, 2.45) is 70.0 Å². The molecule has 0 aliphatic heterocycles. The third-order valence-electron chi connectivity index (χ3n) is 22.6. The van der Waals surface area contributed by atoms with Crippen LogP contribution in [0, 0.1) is 70.0 Å². The van der Waals surface area contributed by atoms with Crippen molar-refractivity contribution in [3.05, 3.63) is 57.6 Å². The molecular formula is C56H74O4. The van der Waals surface area contributed by atoms with E-state index in [2.05, 4.69) is 38.1 Å². The molecule has 0 amide bonds. The Labute approximate surface area is 360 Å². The highest BCUT2D eigenvalue weighted by Crippen LogP contribution is 2.66. The zero-order valence-corrected chi connectivity index (χ0v) is 37.0. The van der Waals surface area contributed by atoms with Gasteiger partial charge in [-0.2, -0.15) is 0 Å². The summed E-state index contributed by atoms with van der Waals surface area (Å²) in [4.78, 5) is 12.7. The van der Waals surface area contributed by atoms with Crippen LogP contribution in [0.15, 0.2) is 24.3 Å². The summed E-state index contributed by atoms with van der Waals surface area (Å²) in [6, 6.07) is 9.40. The van der Waals surface area contributed by atoms with Crippen LogP contribution in [0.1, 0.15) is 200 Å². The molecule has 0 spiro atoms. The number of hydrogen-bond acceptors (Lipinski definition) is 4. The molecule has 0 saturated heterocycles. The molecule has 0 heterocycles. The lowest BCUT2D eigenvalue weighted by Gasteiger charge is -2.57. The van der Waals surface area contributed by atoms with Crippen molar-refractivity contribution in [1.82, 2.24) is 0 Å². The average molecular weight is 811 g/mol. The molecule has 14 aliphatic carbocycles. The number of aromatic hydroxyl groups is 2. The minimum absolute atomic E-state index is 0.0433. The molecular weight excluding hydrogens is 737 g/mol. The molecule has 4 heteroatoms. The van der Waals surface area contributed by atoms with Gasteiger partial charge in [-0.15, -0.1) is 0 Å². The standard InChI is InChI=1S/C28H38O2.C28H36O2/c2*1-27-7-6-20-21(23(27)4-5-26(27)30)3-2-19-11-25(29)24(12-22(19)20)28-13-16-8-17(14-28)10-18(9-16)15-28/h11-12,16-18,20-21,23,26,29-30H,2-10,13-15H2,1H3;11-12,16-18,20-21,23,29H,2-10,13-15H2,1H3/t16?,17?,18?,20-,21+,23-,26-,27-,28?;16?,17?,18?,20-,21+,23-,27-,28?/m00/s1. The summed E-state index contributed by atoms with van der Waals surface area (Å²) >= 11 is 0. The van der Waals surface area contributed by atoms with Crippen molar-refractivity contribution in [2.45, 2.75) is 197 Å². The van der Waals surface area contributed by atoms with Crippen LogP contribution in [0.3, 0.4) is 0 Å². The number of aryl methyl sites for hydroxylation is 2. The van der Waals surface area contributed by atoms with E-state index in [1.165, 1.54) is 138 Å². The molecule has 12 saturated carbocycles. The van der Waals surface area contributed by atoms with Crippen LogP contribution in [-0.2, 0) is 28.5 Å². The van der Waals surface area contributed by atoms with Crippen molar-refractivity contribution in [3.63, 3.8) is 0 Å². The van der Waals surface area contributed by atoms with E-state index >= 15 is 0 Å². The van der Waals surface area contributed by atoms with E-state index in [-0.39, 0.29) is 27.8 Å². The lowest BCUT2D eigenvalue weighted by atomic mass is 9.47. The van der Waals surface area contributed by atoms with Gasteiger partial charge in [-0.1, -0.05) is 26.0 Å². The van der Waals surface area contributed by atoms with Crippen molar-refractivity contribution in [1.29, 1.82) is 0 Å². The maximum Gasteiger partial charge on any atom is 0.139 e. The lowest BCUT2D eigenvalue weighted by Crippen LogP contribution is -2.48. The quantitative estimate of drug-likeness (QED) is 0.282. The first-order chi connectivity index (χ1) is 28.9. The van der Waals surface area contributed by atoms with Crippen molar-refractivity contribution < 1.29 is 20.1 Å². The van der Waals surface area contributed by atoms with Gasteiger partial charge in [0.15, 0.2) is 0 Å². The maximum atomic E-state index is 12.7. The maximum absolute atomic E-state index is 12.7. The molecule has 60 heavy (non-hydrogen) atoms. The number of rotatable bonds is 2. The number of carbonyl (C=O) groups excluding carboxylic acids is 1. The Morgan fingerprint density at radius 1 is 0.517 bits per heavy atom. The third-order valence-corrected chi connectivity index (χ3v) is 22.6. The molecule has 16 rings (SSSR count). The minimum atomic E-state index is -0.0905. The van der Waals surface area contributed by atoms with Crippen LogP contribution < -0.4 is 0 Å². The fraction of sp³-hybridized carbons (Fsp3) is 0.768. The third kappa shape index (κ3) is 5.39. The highest BCUT2D eigenvalue weighted by atomic mass is 16.3. The van der Waals surface area contributed by atoms with E-state index in [9.17, 15) is 20.1 Å². The fourth-order valence-corrected chi connectivity index (χ4v) is 20.7. The van der Waals surface area contributed by atoms with Gasteiger partial charge in [-0.25, -0.2) is 0 Å². The summed E-state index contributed by atoms with van der Waals surface area (Å²) < 4.78 is 0. The van der Waals surface area contributed by atoms with Gasteiger partial charge in [0.1, 0.15) is 17.3 Å². The number of carbonyl (C=O) groups is 1. The Balaban J connectivity index is 0.000000123. The van der Waals surface area contributed by atoms with E-state index in [0.29, 0.717) is 46.9 Å². The molecule has 0 radical (unpaired) electrons. The van der Waals surface area contributed by atoms with Crippen LogP contribution in [-0.4, -0.2) is 27.2 Å². The number of ketones is 1. The van der Waals surface area contributed by atoms with Crippen LogP contribution in [0.2, 0.25) is 0 Å². The number of benzene rings is 2. The van der Waals surface area contributed by atoms with Gasteiger partial charge in [0.2, 0.25) is 0 Å². The zero-order valence-electron chi connectivity index (χ0n) is 37.0. The number of Topliss-reactive ketones (excluding diaryl/α,β-unsaturated/α-hetero) is 1. The highest BCUT2D eigenvalue weighted by molar-refractivity contribution is 5.87. The summed E-state index contributed by atoms with van der Waals surface area (Å²) in [6.45, 7) is 4.65. The first-order valence-electron chi connectivity index (χ1n) is 25.8. The first kappa shape index (κ1) is 38.2. The Kier molecular flexibility index (Phi) is 8.35. The molecule has 14 aliphatic rings. The second-order valence-corrected chi connectivity index (χ2v) is 25.4. The Morgan fingerprint density at radius 2 is 0.967 bits per heavy atom. The topological polar surface area (TPSA) is 77.8 Å². The van der Waals surface area contributed by atoms with E-state index in [1.54, 1.807) is 11.1 Å². The van der Waals surface area contributed by atoms with Gasteiger partial charge < -0.3 is 15.3 Å². The summed E-state index contributed by atoms with van der Waals surface area (Å²) in [5.41, 5.74) is 9.30. The Bertz CT molecular complexity index is 2040. The number of hydrogen-bond donors (Lipinski definition) is 3. The molecule has 9 atom stereocenters. The van der Waals surface area contributed by atoms with Gasteiger partial charge in [0.25, 0.3) is 0 Å². The number of aliphatic hydroxyl groups is 1. The smallest absolute Gasteiger partial charge is 0.139 e. The van der Waals surface area contributed by atoms with E-state index in [4.69, 9.17) is 0 Å². The SMILES string of the molecule is C[C@]12CC[C@@H]3c4cc(C56CC7CC(CC(C7)C5)C6)c(O)cc4CC[C@H]3[C@@H]1CCC2=O.C[C@]12CC[C@@H]3c4cc(C56CC7CC(CC(C7)C5)C6)c(O)cc4CC[C@H]3[C@@H]1CC[C@@H]2O. The van der Waals surface area contributed by atoms with Gasteiger partial charge >= 0.3 is 0 Å². The van der Waals surface area contributed by atoms with Crippen LogP contribution >= 0.6 is 0 Å². The molecule has 0 unspecified atom stereocenters. The van der Waals surface area contributed by atoms with Crippen molar-refractivity contribution in [3.8, 4) is 11.5 Å². The van der Waals surface area contributed by atoms with Crippen LogP contribution in [0.4, 0.5) is 0 Å².